The maximum atomic E-state index is 13.2. The molecule has 0 spiro atoms. The molecule has 0 fully saturated rings. The molecule has 0 aliphatic heterocycles. The van der Waals surface area contributed by atoms with Gasteiger partial charge in [0.05, 0.1) is 42.7 Å². The molecule has 548 valence electrons. The summed E-state index contributed by atoms with van der Waals surface area (Å²) in [7, 11) is 10.7. The van der Waals surface area contributed by atoms with Gasteiger partial charge in [0.1, 0.15) is 46.0 Å². The van der Waals surface area contributed by atoms with Gasteiger partial charge in [-0.2, -0.15) is 0 Å². The summed E-state index contributed by atoms with van der Waals surface area (Å²) in [5.74, 6) is 5.29. The molecule has 1 aliphatic carbocycles. The normalized spacial score (nSPS) is 13.9. The van der Waals surface area contributed by atoms with Crippen LogP contribution >= 0.6 is 0 Å². The van der Waals surface area contributed by atoms with Crippen molar-refractivity contribution in [3.8, 4) is 46.0 Å². The van der Waals surface area contributed by atoms with Gasteiger partial charge in [0.2, 0.25) is 0 Å². The number of rotatable bonds is 6. The van der Waals surface area contributed by atoms with Crippen molar-refractivity contribution in [3.63, 3.8) is 0 Å². The first kappa shape index (κ1) is 78.3. The third-order valence-corrected chi connectivity index (χ3v) is 21.2. The molecule has 8 heteroatoms. The first-order chi connectivity index (χ1) is 47.1. The molecule has 0 radical (unpaired) electrons. The van der Waals surface area contributed by atoms with Crippen LogP contribution in [0.15, 0.2) is 97.1 Å². The Balaban J connectivity index is 1.40. The van der Waals surface area contributed by atoms with Gasteiger partial charge in [0, 0.05) is 51.4 Å². The molecule has 0 heterocycles. The van der Waals surface area contributed by atoms with Crippen LogP contribution in [-0.2, 0) is 94.7 Å². The number of phenols is 2. The zero-order valence-corrected chi connectivity index (χ0v) is 68.2. The smallest absolute Gasteiger partial charge is 0.125 e. The average molecular weight is 1380 g/mol. The van der Waals surface area contributed by atoms with E-state index in [-0.39, 0.29) is 54.8 Å². The van der Waals surface area contributed by atoms with Crippen LogP contribution in [-0.4, -0.2) is 52.9 Å². The van der Waals surface area contributed by atoms with Gasteiger partial charge in [-0.15, -0.1) is 0 Å². The summed E-state index contributed by atoms with van der Waals surface area (Å²) in [4.78, 5) is 0. The van der Waals surface area contributed by atoms with E-state index in [9.17, 15) is 10.2 Å². The van der Waals surface area contributed by atoms with E-state index in [0.29, 0.717) is 51.4 Å². The molecule has 0 saturated heterocycles. The van der Waals surface area contributed by atoms with Crippen LogP contribution < -0.4 is 28.4 Å². The summed E-state index contributed by atoms with van der Waals surface area (Å²) in [6.45, 7) is 54.4. The third-order valence-electron chi connectivity index (χ3n) is 21.2. The van der Waals surface area contributed by atoms with Crippen molar-refractivity contribution < 1.29 is 38.6 Å². The van der Waals surface area contributed by atoms with Gasteiger partial charge in [-0.25, -0.2) is 0 Å². The van der Waals surface area contributed by atoms with Gasteiger partial charge in [-0.05, 0) is 177 Å². The quantitative estimate of drug-likeness (QED) is 0.170. The minimum Gasteiger partial charge on any atom is -0.507 e. The summed E-state index contributed by atoms with van der Waals surface area (Å²) >= 11 is 0. The molecule has 0 unspecified atom stereocenters. The molecule has 8 aromatic rings. The number of ether oxygens (including phenoxy) is 6. The molecule has 0 saturated carbocycles. The van der Waals surface area contributed by atoms with Gasteiger partial charge in [0.15, 0.2) is 0 Å². The van der Waals surface area contributed by atoms with Crippen molar-refractivity contribution in [2.75, 3.05) is 42.7 Å². The maximum Gasteiger partial charge on any atom is 0.125 e. The Morgan fingerprint density at radius 2 is 0.265 bits per heavy atom. The molecule has 2 N–H and O–H groups in total. The zero-order chi connectivity index (χ0) is 75.7. The summed E-state index contributed by atoms with van der Waals surface area (Å²) in [5, 5.41) is 26.3. The SMILES string of the molecule is COc1c2cc(C(C)(C)C)cc1Cc1cc(C(C)(C)C)cc(c1OC)Cc1cc(C(C)(C)C)cc(c1O)Cc1cc(C(C)(C)C)cc(c1OC)Cc1cc(C(C)(C)C)cc(c1OC)Cc1cc(C(C)(C)C)cc(c1OC)Cc1cc(C(C)(C)C)cc(c1OC)Cc1cc(C(C)(C)C)cc(c1O)C2. The molecule has 0 atom stereocenters. The fourth-order valence-corrected chi connectivity index (χ4v) is 14.8. The van der Waals surface area contributed by atoms with Crippen molar-refractivity contribution in [3.05, 3.63) is 231 Å². The van der Waals surface area contributed by atoms with Gasteiger partial charge in [0.25, 0.3) is 0 Å². The highest BCUT2D eigenvalue weighted by atomic mass is 16.5. The average Bonchev–Trinajstić information content (AvgIpc) is 0.767. The number of methoxy groups -OCH3 is 6. The lowest BCUT2D eigenvalue weighted by atomic mass is 9.79. The molecule has 9 rings (SSSR count). The first-order valence-corrected chi connectivity index (χ1v) is 37.0. The number of fused-ring (bicyclic) bond motifs is 16. The molecular formula is C94H124O8. The fourth-order valence-electron chi connectivity index (χ4n) is 14.8. The molecule has 0 aromatic heterocycles. The highest BCUT2D eigenvalue weighted by Crippen LogP contribution is 2.48. The van der Waals surface area contributed by atoms with Gasteiger partial charge < -0.3 is 38.6 Å². The van der Waals surface area contributed by atoms with Gasteiger partial charge >= 0.3 is 0 Å². The topological polar surface area (TPSA) is 95.8 Å². The molecule has 102 heavy (non-hydrogen) atoms. The second-order valence-electron chi connectivity index (χ2n) is 37.7. The molecular weight excluding hydrogens is 1260 g/mol. The van der Waals surface area contributed by atoms with Crippen LogP contribution in [0.1, 0.15) is 300 Å². The van der Waals surface area contributed by atoms with E-state index in [1.165, 1.54) is 22.3 Å². The number of aromatic hydroxyl groups is 2. The molecule has 8 aromatic carbocycles. The minimum atomic E-state index is -0.266. The van der Waals surface area contributed by atoms with Crippen molar-refractivity contribution >= 4 is 0 Å². The van der Waals surface area contributed by atoms with Crippen LogP contribution in [0.2, 0.25) is 0 Å². The lowest BCUT2D eigenvalue weighted by molar-refractivity contribution is 0.396. The minimum absolute atomic E-state index is 0.225. The van der Waals surface area contributed by atoms with E-state index in [4.69, 9.17) is 28.4 Å². The van der Waals surface area contributed by atoms with Crippen molar-refractivity contribution in [2.45, 2.75) is 261 Å². The second kappa shape index (κ2) is 28.7. The van der Waals surface area contributed by atoms with E-state index in [1.54, 1.807) is 42.7 Å². The number of hydrogen-bond acceptors (Lipinski definition) is 8. The molecule has 16 bridgehead atoms. The Kier molecular flexibility index (Phi) is 22.0. The molecule has 8 nitrogen and oxygen atoms in total. The second-order valence-corrected chi connectivity index (χ2v) is 37.7. The van der Waals surface area contributed by atoms with E-state index in [2.05, 4.69) is 263 Å². The summed E-state index contributed by atoms with van der Waals surface area (Å²) < 4.78 is 40.2. The van der Waals surface area contributed by atoms with Crippen LogP contribution in [0.5, 0.6) is 46.0 Å². The molecule has 0 amide bonds. The lowest BCUT2D eigenvalue weighted by Crippen LogP contribution is -2.16. The van der Waals surface area contributed by atoms with Gasteiger partial charge in [-0.3, -0.25) is 0 Å². The first-order valence-electron chi connectivity index (χ1n) is 37.0. The highest BCUT2D eigenvalue weighted by molar-refractivity contribution is 5.63. The monoisotopic (exact) mass is 1380 g/mol. The number of benzene rings is 8. The van der Waals surface area contributed by atoms with Crippen LogP contribution in [0, 0.1) is 0 Å². The summed E-state index contributed by atoms with van der Waals surface area (Å²) in [6.07, 6.45) is 3.75. The van der Waals surface area contributed by atoms with Crippen molar-refractivity contribution in [1.82, 2.24) is 0 Å². The predicted molar refractivity (Wildman–Crippen MR) is 426 cm³/mol. The van der Waals surface area contributed by atoms with Crippen molar-refractivity contribution in [1.29, 1.82) is 0 Å². The number of phenolic OH excluding ortho intramolecular Hbond substituents is 2. The van der Waals surface area contributed by atoms with Crippen LogP contribution in [0.25, 0.3) is 0 Å². The van der Waals surface area contributed by atoms with E-state index < -0.39 is 0 Å². The van der Waals surface area contributed by atoms with E-state index in [1.807, 2.05) is 0 Å². The number of hydrogen-bond donors (Lipinski definition) is 2. The Bertz CT molecular complexity index is 4150. The highest BCUT2D eigenvalue weighted by Gasteiger charge is 2.32. The Morgan fingerprint density at radius 1 is 0.176 bits per heavy atom. The van der Waals surface area contributed by atoms with Gasteiger partial charge in [-0.1, -0.05) is 263 Å². The standard InChI is InChI=1S/C94H124O8/c1-87(2,3)71-39-55-31-59-43-73(89(7,8)9)47-63(81(59)97-25)35-64-48-74(90(10,11)12)44-60(82(64)98-26)32-56-40-72(88(4,5)6)42-58(80(56)96)34-62-46-76(92(16,17)18)50-66(84(62)100-28)37-68-52-78(94(22,23)24)54-70(86(68)102-30)38-69-53-77(93(19,20)21)51-67(85(69)101-29)36-65-49-75(91(13,14)15)45-61(83(65)99-27)33-57(41-71)79(55)95/h39-54,95-96H,31-38H2,1-30H3. The third kappa shape index (κ3) is 17.0. The zero-order valence-electron chi connectivity index (χ0n) is 68.2. The summed E-state index contributed by atoms with van der Waals surface area (Å²) in [6, 6.07) is 36.7. The van der Waals surface area contributed by atoms with E-state index in [0.717, 1.165) is 146 Å². The summed E-state index contributed by atoms with van der Waals surface area (Å²) in [5.41, 5.74) is 23.0. The Hall–Kier alpha value is -7.84. The largest absolute Gasteiger partial charge is 0.507 e. The Labute approximate surface area is 615 Å². The predicted octanol–water partition coefficient (Wildman–Crippen LogP) is 22.6. The fraction of sp³-hybridized carbons (Fsp3) is 0.489. The van der Waals surface area contributed by atoms with Crippen LogP contribution in [0.4, 0.5) is 0 Å². The van der Waals surface area contributed by atoms with E-state index >= 15 is 0 Å². The maximum absolute atomic E-state index is 13.2. The van der Waals surface area contributed by atoms with Crippen molar-refractivity contribution in [2.24, 2.45) is 0 Å². The molecule has 1 aliphatic rings. The lowest BCUT2D eigenvalue weighted by Gasteiger charge is -2.28. The van der Waals surface area contributed by atoms with Crippen LogP contribution in [0.3, 0.4) is 0 Å². The Morgan fingerprint density at radius 3 is 0.353 bits per heavy atom.